The first-order valence-electron chi connectivity index (χ1n) is 8.64. The number of hydrogen-bond donors (Lipinski definition) is 2. The summed E-state index contributed by atoms with van der Waals surface area (Å²) >= 11 is 6.19. The lowest BCUT2D eigenvalue weighted by molar-refractivity contribution is 0.591. The summed E-state index contributed by atoms with van der Waals surface area (Å²) in [7, 11) is -3.80. The molecule has 1 aromatic heterocycles. The van der Waals surface area contributed by atoms with Crippen LogP contribution in [0.5, 0.6) is 0 Å². The van der Waals surface area contributed by atoms with Crippen molar-refractivity contribution >= 4 is 38.6 Å². The molecule has 0 amide bonds. The fourth-order valence-corrected chi connectivity index (χ4v) is 4.36. The summed E-state index contributed by atoms with van der Waals surface area (Å²) in [4.78, 5) is 3.33. The number of fused-ring (bicyclic) bond motifs is 1. The molecule has 0 bridgehead atoms. The van der Waals surface area contributed by atoms with E-state index in [1.165, 1.54) is 6.20 Å². The van der Waals surface area contributed by atoms with Gasteiger partial charge in [0.2, 0.25) is 0 Å². The SMILES string of the molecule is O=S(=O)(NC=Cc1ccccc1)c1cc(-c2cc3ccccc3[nH]2)ccc1Cl. The van der Waals surface area contributed by atoms with Gasteiger partial charge in [-0.25, -0.2) is 8.42 Å². The van der Waals surface area contributed by atoms with Crippen molar-refractivity contribution in [2.24, 2.45) is 0 Å². The summed E-state index contributed by atoms with van der Waals surface area (Å²) in [5.74, 6) is 0. The van der Waals surface area contributed by atoms with E-state index in [-0.39, 0.29) is 9.92 Å². The molecule has 28 heavy (non-hydrogen) atoms. The Kier molecular flexibility index (Phi) is 4.94. The second-order valence-electron chi connectivity index (χ2n) is 6.28. The number of benzene rings is 3. The molecular formula is C22H17ClN2O2S. The van der Waals surface area contributed by atoms with Crippen LogP contribution in [-0.4, -0.2) is 13.4 Å². The maximum absolute atomic E-state index is 12.7. The third-order valence-electron chi connectivity index (χ3n) is 4.36. The van der Waals surface area contributed by atoms with Crippen molar-refractivity contribution in [3.63, 3.8) is 0 Å². The van der Waals surface area contributed by atoms with Gasteiger partial charge < -0.3 is 4.98 Å². The summed E-state index contributed by atoms with van der Waals surface area (Å²) < 4.78 is 28.0. The van der Waals surface area contributed by atoms with Crippen molar-refractivity contribution in [3.8, 4) is 11.3 Å². The van der Waals surface area contributed by atoms with E-state index < -0.39 is 10.0 Å². The van der Waals surface area contributed by atoms with E-state index in [9.17, 15) is 8.42 Å². The van der Waals surface area contributed by atoms with E-state index in [0.717, 1.165) is 27.7 Å². The first-order valence-corrected chi connectivity index (χ1v) is 10.5. The molecule has 140 valence electrons. The minimum atomic E-state index is -3.80. The second kappa shape index (κ2) is 7.54. The number of sulfonamides is 1. The molecule has 0 aliphatic heterocycles. The Hall–Kier alpha value is -3.02. The Bertz CT molecular complexity index is 1230. The minimum absolute atomic E-state index is 0.0306. The molecule has 4 rings (SSSR count). The standard InChI is InChI=1S/C22H17ClN2O2S/c23-19-11-10-18(21-14-17-8-4-5-9-20(17)25-21)15-22(19)28(26,27)24-13-12-16-6-2-1-3-7-16/h1-15,24-25H. The lowest BCUT2D eigenvalue weighted by Gasteiger charge is -2.08. The van der Waals surface area contributed by atoms with Gasteiger partial charge in [0, 0.05) is 22.8 Å². The summed E-state index contributed by atoms with van der Waals surface area (Å²) in [5, 5.41) is 1.22. The van der Waals surface area contributed by atoms with Gasteiger partial charge in [0.15, 0.2) is 0 Å². The van der Waals surface area contributed by atoms with E-state index in [2.05, 4.69) is 9.71 Å². The van der Waals surface area contributed by atoms with Gasteiger partial charge in [-0.3, -0.25) is 4.72 Å². The minimum Gasteiger partial charge on any atom is -0.355 e. The third-order valence-corrected chi connectivity index (χ3v) is 6.17. The maximum Gasteiger partial charge on any atom is 0.262 e. The van der Waals surface area contributed by atoms with Gasteiger partial charge in [0.05, 0.1) is 5.02 Å². The van der Waals surface area contributed by atoms with E-state index in [1.54, 1.807) is 24.3 Å². The average Bonchev–Trinajstić information content (AvgIpc) is 3.13. The molecule has 4 aromatic rings. The zero-order chi connectivity index (χ0) is 19.6. The summed E-state index contributed by atoms with van der Waals surface area (Å²) in [5.41, 5.74) is 3.45. The van der Waals surface area contributed by atoms with Crippen molar-refractivity contribution in [3.05, 3.63) is 95.6 Å². The topological polar surface area (TPSA) is 62.0 Å². The van der Waals surface area contributed by atoms with E-state index in [0.29, 0.717) is 0 Å². The number of halogens is 1. The highest BCUT2D eigenvalue weighted by atomic mass is 35.5. The Morgan fingerprint density at radius 1 is 0.893 bits per heavy atom. The highest BCUT2D eigenvalue weighted by Crippen LogP contribution is 2.29. The summed E-state index contributed by atoms with van der Waals surface area (Å²) in [6.07, 6.45) is 3.09. The number of hydrogen-bond acceptors (Lipinski definition) is 2. The van der Waals surface area contributed by atoms with Crippen molar-refractivity contribution in [1.29, 1.82) is 0 Å². The van der Waals surface area contributed by atoms with Crippen molar-refractivity contribution in [2.75, 3.05) is 0 Å². The smallest absolute Gasteiger partial charge is 0.262 e. The molecule has 0 saturated heterocycles. The van der Waals surface area contributed by atoms with Gasteiger partial charge in [0.1, 0.15) is 4.90 Å². The largest absolute Gasteiger partial charge is 0.355 e. The molecular weight excluding hydrogens is 392 g/mol. The number of nitrogens with one attached hydrogen (secondary N) is 2. The molecule has 1 heterocycles. The normalized spacial score (nSPS) is 11.9. The number of aromatic amines is 1. The molecule has 0 aliphatic rings. The molecule has 2 N–H and O–H groups in total. The molecule has 0 fully saturated rings. The number of rotatable bonds is 5. The molecule has 6 heteroatoms. The van der Waals surface area contributed by atoms with Crippen LogP contribution < -0.4 is 4.72 Å². The fraction of sp³-hybridized carbons (Fsp3) is 0. The predicted octanol–water partition coefficient (Wildman–Crippen LogP) is 5.44. The number of H-pyrrole nitrogens is 1. The van der Waals surface area contributed by atoms with Gasteiger partial charge in [0.25, 0.3) is 10.0 Å². The van der Waals surface area contributed by atoms with Crippen LogP contribution in [0.3, 0.4) is 0 Å². The molecule has 4 nitrogen and oxygen atoms in total. The highest BCUT2D eigenvalue weighted by molar-refractivity contribution is 7.89. The van der Waals surface area contributed by atoms with Crippen LogP contribution in [-0.2, 0) is 10.0 Å². The predicted molar refractivity (Wildman–Crippen MR) is 115 cm³/mol. The molecule has 0 radical (unpaired) electrons. The third kappa shape index (κ3) is 3.81. The highest BCUT2D eigenvalue weighted by Gasteiger charge is 2.18. The Morgan fingerprint density at radius 3 is 2.43 bits per heavy atom. The van der Waals surface area contributed by atoms with Crippen LogP contribution in [0.1, 0.15) is 5.56 Å². The number of aromatic nitrogens is 1. The lowest BCUT2D eigenvalue weighted by atomic mass is 10.1. The second-order valence-corrected chi connectivity index (χ2v) is 8.37. The van der Waals surface area contributed by atoms with Crippen molar-refractivity contribution < 1.29 is 8.42 Å². The molecule has 0 saturated carbocycles. The monoisotopic (exact) mass is 408 g/mol. The fourth-order valence-electron chi connectivity index (χ4n) is 2.95. The summed E-state index contributed by atoms with van der Waals surface area (Å²) in [6.45, 7) is 0. The average molecular weight is 409 g/mol. The van der Waals surface area contributed by atoms with Crippen LogP contribution in [0, 0.1) is 0 Å². The maximum atomic E-state index is 12.7. The van der Waals surface area contributed by atoms with Crippen LogP contribution in [0.25, 0.3) is 28.2 Å². The zero-order valence-corrected chi connectivity index (χ0v) is 16.3. The van der Waals surface area contributed by atoms with E-state index >= 15 is 0 Å². The van der Waals surface area contributed by atoms with E-state index in [1.807, 2.05) is 60.7 Å². The van der Waals surface area contributed by atoms with Gasteiger partial charge in [-0.05, 0) is 41.5 Å². The first kappa shape index (κ1) is 18.3. The zero-order valence-electron chi connectivity index (χ0n) is 14.8. The van der Waals surface area contributed by atoms with E-state index in [4.69, 9.17) is 11.6 Å². The van der Waals surface area contributed by atoms with Gasteiger partial charge >= 0.3 is 0 Å². The molecule has 3 aromatic carbocycles. The quantitative estimate of drug-likeness (QED) is 0.462. The lowest BCUT2D eigenvalue weighted by Crippen LogP contribution is -2.18. The van der Waals surface area contributed by atoms with Gasteiger partial charge in [-0.1, -0.05) is 66.2 Å². The summed E-state index contributed by atoms with van der Waals surface area (Å²) in [6, 6.07) is 24.3. The molecule has 0 unspecified atom stereocenters. The van der Waals surface area contributed by atoms with Crippen molar-refractivity contribution in [2.45, 2.75) is 4.90 Å². The van der Waals surface area contributed by atoms with Crippen LogP contribution in [0.2, 0.25) is 5.02 Å². The number of para-hydroxylation sites is 1. The van der Waals surface area contributed by atoms with Crippen LogP contribution in [0.15, 0.2) is 90.0 Å². The molecule has 0 atom stereocenters. The molecule has 0 spiro atoms. The van der Waals surface area contributed by atoms with Gasteiger partial charge in [-0.2, -0.15) is 0 Å². The first-order chi connectivity index (χ1) is 13.5. The Balaban J connectivity index is 1.65. The molecule has 0 aliphatic carbocycles. The van der Waals surface area contributed by atoms with Crippen LogP contribution >= 0.6 is 11.6 Å². The van der Waals surface area contributed by atoms with Gasteiger partial charge in [-0.15, -0.1) is 0 Å². The van der Waals surface area contributed by atoms with Crippen LogP contribution in [0.4, 0.5) is 0 Å². The Labute approximate surface area is 168 Å². The van der Waals surface area contributed by atoms with Crippen molar-refractivity contribution in [1.82, 2.24) is 9.71 Å². The Morgan fingerprint density at radius 2 is 1.64 bits per heavy atom.